The van der Waals surface area contributed by atoms with E-state index < -0.39 is 23.5 Å². The van der Waals surface area contributed by atoms with Crippen molar-refractivity contribution in [1.29, 1.82) is 0 Å². The van der Waals surface area contributed by atoms with E-state index in [0.29, 0.717) is 30.7 Å². The van der Waals surface area contributed by atoms with Crippen LogP contribution in [0.2, 0.25) is 0 Å². The van der Waals surface area contributed by atoms with E-state index in [1.165, 1.54) is 12.0 Å². The van der Waals surface area contributed by atoms with Crippen LogP contribution in [0.15, 0.2) is 48.4 Å². The molecule has 1 aliphatic heterocycles. The summed E-state index contributed by atoms with van der Waals surface area (Å²) in [6.45, 7) is 2.29. The topological polar surface area (TPSA) is 56.6 Å². The summed E-state index contributed by atoms with van der Waals surface area (Å²) in [5.41, 5.74) is 3.15. The zero-order valence-electron chi connectivity index (χ0n) is 19.7. The van der Waals surface area contributed by atoms with E-state index in [1.807, 2.05) is 35.9 Å². The van der Waals surface area contributed by atoms with Gasteiger partial charge in [0.1, 0.15) is 5.75 Å². The molecule has 0 radical (unpaired) electrons. The summed E-state index contributed by atoms with van der Waals surface area (Å²) in [6.07, 6.45) is 6.58. The van der Waals surface area contributed by atoms with Crippen LogP contribution in [0.4, 0.5) is 13.2 Å². The molecule has 1 saturated heterocycles. The Labute approximate surface area is 201 Å². The zero-order chi connectivity index (χ0) is 25.1. The maximum Gasteiger partial charge on any atom is 0.250 e. The minimum Gasteiger partial charge on any atom is -0.495 e. The van der Waals surface area contributed by atoms with E-state index >= 15 is 0 Å². The fourth-order valence-electron chi connectivity index (χ4n) is 4.31. The highest BCUT2D eigenvalue weighted by Gasteiger charge is 2.31. The van der Waals surface area contributed by atoms with Crippen molar-refractivity contribution in [3.63, 3.8) is 0 Å². The first-order valence-electron chi connectivity index (χ1n) is 11.2. The van der Waals surface area contributed by atoms with Gasteiger partial charge >= 0.3 is 0 Å². The maximum absolute atomic E-state index is 13.9. The Morgan fingerprint density at radius 3 is 2.51 bits per heavy atom. The number of hydrogen-bond donors (Lipinski definition) is 0. The van der Waals surface area contributed by atoms with Crippen molar-refractivity contribution in [1.82, 2.24) is 14.5 Å². The fourth-order valence-corrected chi connectivity index (χ4v) is 4.31. The van der Waals surface area contributed by atoms with Crippen molar-refractivity contribution in [2.75, 3.05) is 27.4 Å². The number of carbonyl (C=O) groups excluding carboxylic acids is 1. The number of nitrogens with zero attached hydrogens (tertiary/aromatic N) is 3. The second kappa shape index (κ2) is 10.4. The van der Waals surface area contributed by atoms with Crippen LogP contribution in [0, 0.1) is 24.4 Å². The van der Waals surface area contributed by atoms with Crippen molar-refractivity contribution >= 4 is 12.0 Å². The van der Waals surface area contributed by atoms with Crippen molar-refractivity contribution in [2.24, 2.45) is 0 Å². The molecule has 0 bridgehead atoms. The van der Waals surface area contributed by atoms with Crippen LogP contribution >= 0.6 is 0 Å². The molecule has 184 valence electrons. The lowest BCUT2D eigenvalue weighted by Crippen LogP contribution is -2.41. The van der Waals surface area contributed by atoms with Gasteiger partial charge in [0.05, 0.1) is 37.5 Å². The maximum atomic E-state index is 13.9. The first-order chi connectivity index (χ1) is 16.8. The Kier molecular flexibility index (Phi) is 7.25. The highest BCUT2D eigenvalue weighted by Crippen LogP contribution is 2.32. The normalized spacial score (nSPS) is 16.1. The lowest BCUT2D eigenvalue weighted by Gasteiger charge is -2.35. The number of carbonyl (C=O) groups is 1. The monoisotopic (exact) mass is 485 g/mol. The quantitative estimate of drug-likeness (QED) is 0.349. The summed E-state index contributed by atoms with van der Waals surface area (Å²) in [7, 11) is 3.01. The number of amides is 1. The third kappa shape index (κ3) is 5.09. The van der Waals surface area contributed by atoms with Gasteiger partial charge in [0.2, 0.25) is 5.91 Å². The third-order valence-electron chi connectivity index (χ3n) is 6.01. The number of aryl methyl sites for hydroxylation is 1. The molecular weight excluding hydrogens is 459 g/mol. The van der Waals surface area contributed by atoms with Crippen molar-refractivity contribution < 1.29 is 27.4 Å². The summed E-state index contributed by atoms with van der Waals surface area (Å²) in [4.78, 5) is 19.2. The van der Waals surface area contributed by atoms with Crippen molar-refractivity contribution in [3.8, 4) is 11.4 Å². The number of halogens is 3. The SMILES string of the molecule is COCC(c1cc(F)c(F)c(F)c1)N1CCCC(=Cc2ccc(-n3cnc(C)c3)c(OC)c2)C1=O. The van der Waals surface area contributed by atoms with E-state index in [2.05, 4.69) is 4.98 Å². The predicted octanol–water partition coefficient (Wildman–Crippen LogP) is 5.00. The second-order valence-corrected chi connectivity index (χ2v) is 8.39. The number of methoxy groups -OCH3 is 2. The van der Waals surface area contributed by atoms with E-state index in [9.17, 15) is 18.0 Å². The molecule has 6 nitrogen and oxygen atoms in total. The molecule has 4 rings (SSSR count). The molecule has 0 spiro atoms. The molecule has 0 aliphatic carbocycles. The van der Waals surface area contributed by atoms with Gasteiger partial charge in [-0.3, -0.25) is 4.79 Å². The van der Waals surface area contributed by atoms with Gasteiger partial charge in [0.15, 0.2) is 17.5 Å². The van der Waals surface area contributed by atoms with E-state index in [4.69, 9.17) is 9.47 Å². The molecule has 2 heterocycles. The Hall–Kier alpha value is -3.59. The molecule has 1 unspecified atom stereocenters. The van der Waals surface area contributed by atoms with Gasteiger partial charge in [-0.05, 0) is 61.2 Å². The summed E-state index contributed by atoms with van der Waals surface area (Å²) >= 11 is 0. The van der Waals surface area contributed by atoms with Gasteiger partial charge in [0, 0.05) is 25.4 Å². The lowest BCUT2D eigenvalue weighted by molar-refractivity contribution is -0.132. The third-order valence-corrected chi connectivity index (χ3v) is 6.01. The van der Waals surface area contributed by atoms with Crippen LogP contribution in [-0.4, -0.2) is 47.7 Å². The van der Waals surface area contributed by atoms with E-state index in [1.54, 1.807) is 19.5 Å². The van der Waals surface area contributed by atoms with E-state index in [0.717, 1.165) is 29.1 Å². The lowest BCUT2D eigenvalue weighted by atomic mass is 9.96. The molecule has 35 heavy (non-hydrogen) atoms. The largest absolute Gasteiger partial charge is 0.495 e. The molecule has 1 atom stereocenters. The molecule has 1 aromatic heterocycles. The average molecular weight is 486 g/mol. The molecule has 0 saturated carbocycles. The Morgan fingerprint density at radius 1 is 1.14 bits per heavy atom. The number of aromatic nitrogens is 2. The molecule has 1 fully saturated rings. The van der Waals surface area contributed by atoms with Gasteiger partial charge in [-0.25, -0.2) is 18.2 Å². The highest BCUT2D eigenvalue weighted by atomic mass is 19.2. The number of likely N-dealkylation sites (tertiary alicyclic amines) is 1. The zero-order valence-corrected chi connectivity index (χ0v) is 19.7. The number of piperidine rings is 1. The number of benzene rings is 2. The Morgan fingerprint density at radius 2 is 1.89 bits per heavy atom. The summed E-state index contributed by atoms with van der Waals surface area (Å²) in [5.74, 6) is -3.80. The Balaban J connectivity index is 1.64. The van der Waals surface area contributed by atoms with Gasteiger partial charge in [-0.1, -0.05) is 6.07 Å². The highest BCUT2D eigenvalue weighted by molar-refractivity contribution is 5.98. The Bertz CT molecular complexity index is 1250. The minimum atomic E-state index is -1.54. The summed E-state index contributed by atoms with van der Waals surface area (Å²) in [6, 6.07) is 6.66. The number of imidazole rings is 1. The summed E-state index contributed by atoms with van der Waals surface area (Å²) < 4.78 is 54.0. The summed E-state index contributed by atoms with van der Waals surface area (Å²) in [5, 5.41) is 0. The van der Waals surface area contributed by atoms with Crippen LogP contribution in [-0.2, 0) is 9.53 Å². The second-order valence-electron chi connectivity index (χ2n) is 8.39. The van der Waals surface area contributed by atoms with Gasteiger partial charge in [-0.15, -0.1) is 0 Å². The smallest absolute Gasteiger partial charge is 0.250 e. The standard InChI is InChI=1S/C26H26F3N3O3/c1-16-13-31(15-30-16)22-7-6-17(10-24(22)35-3)9-18-5-4-8-32(26(18)33)23(14-34-2)19-11-20(27)25(29)21(28)12-19/h6-7,9-13,15,23H,4-5,8,14H2,1-3H3. The van der Waals surface area contributed by atoms with E-state index in [-0.39, 0.29) is 18.1 Å². The van der Waals surface area contributed by atoms with Gasteiger partial charge in [0.25, 0.3) is 0 Å². The molecule has 1 aliphatic rings. The molecule has 1 amide bonds. The first kappa shape index (κ1) is 24.5. The fraction of sp³-hybridized carbons (Fsp3) is 0.308. The molecule has 9 heteroatoms. The van der Waals surface area contributed by atoms with Crippen molar-refractivity contribution in [3.05, 3.63) is 82.7 Å². The molecule has 0 N–H and O–H groups in total. The molecular formula is C26H26F3N3O3. The van der Waals surface area contributed by atoms with Crippen LogP contribution < -0.4 is 4.74 Å². The van der Waals surface area contributed by atoms with Crippen LogP contribution in [0.1, 0.15) is 35.7 Å². The predicted molar refractivity (Wildman–Crippen MR) is 125 cm³/mol. The number of ether oxygens (including phenoxy) is 2. The van der Waals surface area contributed by atoms with Gasteiger partial charge < -0.3 is 18.9 Å². The number of hydrogen-bond acceptors (Lipinski definition) is 4. The van der Waals surface area contributed by atoms with Gasteiger partial charge in [-0.2, -0.15) is 0 Å². The molecule has 2 aromatic carbocycles. The van der Waals surface area contributed by atoms with Crippen LogP contribution in [0.25, 0.3) is 11.8 Å². The van der Waals surface area contributed by atoms with Crippen LogP contribution in [0.3, 0.4) is 0 Å². The molecule has 3 aromatic rings. The van der Waals surface area contributed by atoms with Crippen molar-refractivity contribution in [2.45, 2.75) is 25.8 Å². The number of rotatable bonds is 7. The minimum absolute atomic E-state index is 0.0103. The first-order valence-corrected chi connectivity index (χ1v) is 11.2. The average Bonchev–Trinajstić information content (AvgIpc) is 3.28. The van der Waals surface area contributed by atoms with Crippen LogP contribution in [0.5, 0.6) is 5.75 Å².